The third-order valence-corrected chi connectivity index (χ3v) is 7.27. The van der Waals surface area contributed by atoms with E-state index in [0.29, 0.717) is 16.3 Å². The minimum absolute atomic E-state index is 0.136. The van der Waals surface area contributed by atoms with Crippen LogP contribution in [0.3, 0.4) is 0 Å². The third-order valence-electron chi connectivity index (χ3n) is 5.33. The number of hydrogen-bond donors (Lipinski definition) is 2. The lowest BCUT2D eigenvalue weighted by molar-refractivity contribution is 0.0734. The number of nitrogens with zero attached hydrogens (tertiary/aromatic N) is 1. The molecule has 8 nitrogen and oxygen atoms in total. The van der Waals surface area contributed by atoms with Crippen LogP contribution in [0.1, 0.15) is 31.8 Å². The predicted octanol–water partition coefficient (Wildman–Crippen LogP) is 6.09. The zero-order valence-electron chi connectivity index (χ0n) is 20.4. The van der Waals surface area contributed by atoms with E-state index in [1.807, 2.05) is 6.92 Å². The number of hydrogen-bond acceptors (Lipinski definition) is 6. The number of aryl methyl sites for hydroxylation is 1. The number of sulfonamides is 1. The number of carbonyl (C=O) groups is 2. The number of nitrogens with one attached hydrogen (secondary N) is 2. The Kier molecular flexibility index (Phi) is 8.65. The number of rotatable bonds is 8. The van der Waals surface area contributed by atoms with Gasteiger partial charge in [0.2, 0.25) is 0 Å². The third kappa shape index (κ3) is 7.44. The molecule has 0 aromatic heterocycles. The van der Waals surface area contributed by atoms with Crippen LogP contribution in [0.25, 0.3) is 0 Å². The van der Waals surface area contributed by atoms with Gasteiger partial charge in [0.1, 0.15) is 5.75 Å². The summed E-state index contributed by atoms with van der Waals surface area (Å²) in [6.07, 6.45) is 1.38. The summed E-state index contributed by atoms with van der Waals surface area (Å²) in [5.41, 5.74) is 4.65. The maximum absolute atomic E-state index is 12.5. The Bertz CT molecular complexity index is 1660. The Labute approximate surface area is 235 Å². The molecule has 4 rings (SSSR count). The summed E-state index contributed by atoms with van der Waals surface area (Å²) in [5.74, 6) is -0.896. The van der Waals surface area contributed by atoms with Crippen LogP contribution in [0.4, 0.5) is 5.69 Å². The van der Waals surface area contributed by atoms with E-state index in [1.165, 1.54) is 60.8 Å². The zero-order valence-corrected chi connectivity index (χ0v) is 22.7. The van der Waals surface area contributed by atoms with E-state index >= 15 is 0 Å². The first-order valence-corrected chi connectivity index (χ1v) is 13.6. The van der Waals surface area contributed by atoms with E-state index < -0.39 is 21.9 Å². The average molecular weight is 582 g/mol. The van der Waals surface area contributed by atoms with Crippen LogP contribution in [0, 0.1) is 6.92 Å². The molecule has 0 heterocycles. The van der Waals surface area contributed by atoms with Gasteiger partial charge in [0, 0.05) is 16.3 Å². The molecule has 2 N–H and O–H groups in total. The Morgan fingerprint density at radius 3 is 2.31 bits per heavy atom. The molecule has 1 amide bonds. The summed E-state index contributed by atoms with van der Waals surface area (Å²) in [6.45, 7) is 1.87. The lowest BCUT2D eigenvalue weighted by atomic mass is 10.2. The van der Waals surface area contributed by atoms with Gasteiger partial charge in [-0.2, -0.15) is 5.10 Å². The first kappa shape index (κ1) is 27.8. The van der Waals surface area contributed by atoms with Gasteiger partial charge in [0.15, 0.2) is 0 Å². The minimum atomic E-state index is -3.76. The average Bonchev–Trinajstić information content (AvgIpc) is 2.89. The lowest BCUT2D eigenvalue weighted by Gasteiger charge is -2.09. The lowest BCUT2D eigenvalue weighted by Crippen LogP contribution is -2.18. The molecule has 0 saturated carbocycles. The van der Waals surface area contributed by atoms with Crippen molar-refractivity contribution in [3.63, 3.8) is 0 Å². The maximum atomic E-state index is 12.5. The van der Waals surface area contributed by atoms with Crippen LogP contribution in [0.15, 0.2) is 101 Å². The highest BCUT2D eigenvalue weighted by Gasteiger charge is 2.15. The van der Waals surface area contributed by atoms with Crippen LogP contribution >= 0.6 is 23.2 Å². The van der Waals surface area contributed by atoms with Crippen molar-refractivity contribution in [1.82, 2.24) is 5.43 Å². The fraction of sp³-hybridized carbons (Fsp3) is 0.0357. The number of anilines is 1. The van der Waals surface area contributed by atoms with Gasteiger partial charge in [-0.25, -0.2) is 18.6 Å². The highest BCUT2D eigenvalue weighted by Crippen LogP contribution is 2.23. The summed E-state index contributed by atoms with van der Waals surface area (Å²) in [4.78, 5) is 25.0. The van der Waals surface area contributed by atoms with Crippen molar-refractivity contribution >= 4 is 57.0 Å². The molecule has 0 radical (unpaired) electrons. The zero-order chi connectivity index (χ0) is 28.0. The van der Waals surface area contributed by atoms with Gasteiger partial charge < -0.3 is 4.74 Å². The van der Waals surface area contributed by atoms with Gasteiger partial charge >= 0.3 is 5.97 Å². The van der Waals surface area contributed by atoms with E-state index in [-0.39, 0.29) is 26.8 Å². The van der Waals surface area contributed by atoms with Gasteiger partial charge in [0.25, 0.3) is 15.9 Å². The molecule has 0 atom stereocenters. The topological polar surface area (TPSA) is 114 Å². The molecule has 0 fully saturated rings. The maximum Gasteiger partial charge on any atom is 0.345 e. The summed E-state index contributed by atoms with van der Waals surface area (Å²) >= 11 is 11.9. The molecule has 0 unspecified atom stereocenters. The molecular weight excluding hydrogens is 561 g/mol. The molecule has 0 aliphatic heterocycles. The molecular formula is C28H21Cl2N3O5S. The van der Waals surface area contributed by atoms with E-state index in [0.717, 1.165) is 5.56 Å². The summed E-state index contributed by atoms with van der Waals surface area (Å²) in [6, 6.07) is 23.3. The monoisotopic (exact) mass is 581 g/mol. The van der Waals surface area contributed by atoms with Crippen molar-refractivity contribution < 1.29 is 22.7 Å². The molecule has 0 aliphatic rings. The quantitative estimate of drug-likeness (QED) is 0.113. The van der Waals surface area contributed by atoms with E-state index in [2.05, 4.69) is 15.2 Å². The second kappa shape index (κ2) is 12.1. The SMILES string of the molecule is Cc1ccc(S(=O)(=O)Nc2ccc(C(=O)N/N=C/c3cccc(OC(=O)c4ccc(Cl)cc4Cl)c3)cc2)cc1. The molecule has 39 heavy (non-hydrogen) atoms. The van der Waals surface area contributed by atoms with Crippen molar-refractivity contribution in [3.8, 4) is 5.75 Å². The molecule has 0 saturated heterocycles. The van der Waals surface area contributed by atoms with Crippen LogP contribution in [0.2, 0.25) is 10.0 Å². The minimum Gasteiger partial charge on any atom is -0.423 e. The van der Waals surface area contributed by atoms with E-state index in [1.54, 1.807) is 36.4 Å². The molecule has 4 aromatic carbocycles. The molecule has 0 spiro atoms. The Balaban J connectivity index is 1.34. The number of esters is 1. The van der Waals surface area contributed by atoms with Gasteiger partial charge in [-0.3, -0.25) is 9.52 Å². The van der Waals surface area contributed by atoms with Crippen LogP contribution in [-0.4, -0.2) is 26.5 Å². The second-order valence-corrected chi connectivity index (χ2v) is 10.8. The van der Waals surface area contributed by atoms with E-state index in [4.69, 9.17) is 27.9 Å². The van der Waals surface area contributed by atoms with Gasteiger partial charge in [-0.05, 0) is 79.2 Å². The summed E-state index contributed by atoms with van der Waals surface area (Å²) in [7, 11) is -3.76. The fourth-order valence-corrected chi connectivity index (χ4v) is 4.87. The van der Waals surface area contributed by atoms with Crippen molar-refractivity contribution in [1.29, 1.82) is 0 Å². The van der Waals surface area contributed by atoms with Crippen molar-refractivity contribution in [3.05, 3.63) is 123 Å². The highest BCUT2D eigenvalue weighted by molar-refractivity contribution is 7.92. The molecule has 11 heteroatoms. The molecule has 0 aliphatic carbocycles. The van der Waals surface area contributed by atoms with Crippen LogP contribution in [-0.2, 0) is 10.0 Å². The standard InChI is InChI=1S/C28H21Cl2N3O5S/c1-18-5-12-24(13-6-18)39(36,37)33-22-10-7-20(8-11-22)27(34)32-31-17-19-3-2-4-23(15-19)38-28(35)25-14-9-21(29)16-26(25)30/h2-17,33H,1H3,(H,32,34)/b31-17+. The fourth-order valence-electron chi connectivity index (χ4n) is 3.33. The summed E-state index contributed by atoms with van der Waals surface area (Å²) in [5, 5.41) is 4.51. The van der Waals surface area contributed by atoms with Crippen molar-refractivity contribution in [2.75, 3.05) is 4.72 Å². The van der Waals surface area contributed by atoms with Gasteiger partial charge in [0.05, 0.1) is 21.7 Å². The number of ether oxygens (including phenoxy) is 1. The Morgan fingerprint density at radius 1 is 0.897 bits per heavy atom. The Hall–Kier alpha value is -4.18. The number of halogens is 2. The smallest absolute Gasteiger partial charge is 0.345 e. The molecule has 0 bridgehead atoms. The summed E-state index contributed by atoms with van der Waals surface area (Å²) < 4.78 is 32.9. The van der Waals surface area contributed by atoms with Crippen molar-refractivity contribution in [2.45, 2.75) is 11.8 Å². The number of hydrazone groups is 1. The first-order chi connectivity index (χ1) is 18.6. The number of carbonyl (C=O) groups excluding carboxylic acids is 2. The predicted molar refractivity (Wildman–Crippen MR) is 151 cm³/mol. The van der Waals surface area contributed by atoms with E-state index in [9.17, 15) is 18.0 Å². The highest BCUT2D eigenvalue weighted by atomic mass is 35.5. The largest absolute Gasteiger partial charge is 0.423 e. The van der Waals surface area contributed by atoms with Crippen molar-refractivity contribution in [2.24, 2.45) is 5.10 Å². The van der Waals surface area contributed by atoms with Crippen LogP contribution in [0.5, 0.6) is 5.75 Å². The number of benzene rings is 4. The van der Waals surface area contributed by atoms with Gasteiger partial charge in [-0.15, -0.1) is 0 Å². The second-order valence-electron chi connectivity index (χ2n) is 8.28. The van der Waals surface area contributed by atoms with Gasteiger partial charge in [-0.1, -0.05) is 53.0 Å². The van der Waals surface area contributed by atoms with Crippen LogP contribution < -0.4 is 14.9 Å². The normalized spacial score (nSPS) is 11.3. The Morgan fingerprint density at radius 2 is 1.62 bits per heavy atom. The molecule has 4 aromatic rings. The first-order valence-electron chi connectivity index (χ1n) is 11.4. The number of amides is 1. The molecule has 198 valence electrons.